The van der Waals surface area contributed by atoms with Crippen LogP contribution in [0.4, 0.5) is 0 Å². The number of aryl methyl sites for hydroxylation is 1. The van der Waals surface area contributed by atoms with E-state index < -0.39 is 0 Å². The number of esters is 1. The Labute approximate surface area is 117 Å². The van der Waals surface area contributed by atoms with Gasteiger partial charge in [-0.2, -0.15) is 5.06 Å². The highest BCUT2D eigenvalue weighted by atomic mass is 16.7. The third-order valence-electron chi connectivity index (χ3n) is 3.98. The SMILES string of the molecule is COC(=O)[C@H]1CON(C)[C@H]1c1cn(C)c2ccccc12. The Kier molecular flexibility index (Phi) is 3.23. The average Bonchev–Trinajstić information content (AvgIpc) is 2.99. The van der Waals surface area contributed by atoms with Crippen molar-refractivity contribution in [2.45, 2.75) is 6.04 Å². The van der Waals surface area contributed by atoms with E-state index in [9.17, 15) is 4.79 Å². The van der Waals surface area contributed by atoms with Gasteiger partial charge in [-0.1, -0.05) is 18.2 Å². The van der Waals surface area contributed by atoms with E-state index in [0.717, 1.165) is 16.5 Å². The van der Waals surface area contributed by atoms with Crippen molar-refractivity contribution in [2.24, 2.45) is 13.0 Å². The summed E-state index contributed by atoms with van der Waals surface area (Å²) < 4.78 is 6.98. The second-order valence-corrected chi connectivity index (χ2v) is 5.13. The summed E-state index contributed by atoms with van der Waals surface area (Å²) in [4.78, 5) is 17.5. The van der Waals surface area contributed by atoms with Crippen LogP contribution in [-0.4, -0.2) is 36.4 Å². The monoisotopic (exact) mass is 274 g/mol. The predicted molar refractivity (Wildman–Crippen MR) is 74.9 cm³/mol. The van der Waals surface area contributed by atoms with Gasteiger partial charge in [0.1, 0.15) is 5.92 Å². The Morgan fingerprint density at radius 3 is 2.85 bits per heavy atom. The Morgan fingerprint density at radius 1 is 1.35 bits per heavy atom. The van der Waals surface area contributed by atoms with E-state index in [1.54, 1.807) is 5.06 Å². The van der Waals surface area contributed by atoms with Gasteiger partial charge in [0.25, 0.3) is 0 Å². The summed E-state index contributed by atoms with van der Waals surface area (Å²) in [5.41, 5.74) is 2.24. The molecule has 1 aromatic heterocycles. The first kappa shape index (κ1) is 13.1. The van der Waals surface area contributed by atoms with E-state index in [0.29, 0.717) is 6.61 Å². The molecular weight excluding hydrogens is 256 g/mol. The summed E-state index contributed by atoms with van der Waals surface area (Å²) in [5, 5.41) is 2.90. The van der Waals surface area contributed by atoms with Gasteiger partial charge in [0.2, 0.25) is 0 Å². The molecule has 2 atom stereocenters. The van der Waals surface area contributed by atoms with E-state index >= 15 is 0 Å². The molecule has 20 heavy (non-hydrogen) atoms. The Bertz CT molecular complexity index is 650. The quantitative estimate of drug-likeness (QED) is 0.784. The lowest BCUT2D eigenvalue weighted by Crippen LogP contribution is -2.26. The molecule has 0 bridgehead atoms. The smallest absolute Gasteiger partial charge is 0.313 e. The normalized spacial score (nSPS) is 23.4. The summed E-state index contributed by atoms with van der Waals surface area (Å²) in [7, 11) is 5.28. The van der Waals surface area contributed by atoms with Gasteiger partial charge in [-0.05, 0) is 11.6 Å². The van der Waals surface area contributed by atoms with Crippen molar-refractivity contribution in [3.63, 3.8) is 0 Å². The van der Waals surface area contributed by atoms with Crippen molar-refractivity contribution in [2.75, 3.05) is 20.8 Å². The minimum atomic E-state index is -0.296. The molecule has 1 fully saturated rings. The average molecular weight is 274 g/mol. The number of hydrogen-bond donors (Lipinski definition) is 0. The summed E-state index contributed by atoms with van der Waals surface area (Å²) in [5.74, 6) is -0.525. The molecule has 1 saturated heterocycles. The lowest BCUT2D eigenvalue weighted by atomic mass is 9.94. The highest BCUT2D eigenvalue weighted by molar-refractivity contribution is 5.85. The zero-order valence-electron chi connectivity index (χ0n) is 11.9. The number of para-hydroxylation sites is 1. The van der Waals surface area contributed by atoms with Crippen LogP contribution in [-0.2, 0) is 21.4 Å². The van der Waals surface area contributed by atoms with E-state index in [-0.39, 0.29) is 17.9 Å². The number of carbonyl (C=O) groups is 1. The lowest BCUT2D eigenvalue weighted by Gasteiger charge is -2.20. The van der Waals surface area contributed by atoms with Crippen LogP contribution in [0.25, 0.3) is 10.9 Å². The third-order valence-corrected chi connectivity index (χ3v) is 3.98. The summed E-state index contributed by atoms with van der Waals surface area (Å²) >= 11 is 0. The molecule has 0 aliphatic carbocycles. The number of nitrogens with zero attached hydrogens (tertiary/aromatic N) is 2. The fourth-order valence-electron chi connectivity index (χ4n) is 2.99. The van der Waals surface area contributed by atoms with Crippen LogP contribution in [0.1, 0.15) is 11.6 Å². The predicted octanol–water partition coefficient (Wildman–Crippen LogP) is 1.89. The van der Waals surface area contributed by atoms with E-state index in [2.05, 4.69) is 22.9 Å². The van der Waals surface area contributed by atoms with Gasteiger partial charge in [-0.3, -0.25) is 9.63 Å². The zero-order chi connectivity index (χ0) is 14.3. The van der Waals surface area contributed by atoms with Gasteiger partial charge in [-0.25, -0.2) is 0 Å². The first-order valence-electron chi connectivity index (χ1n) is 6.61. The first-order valence-corrected chi connectivity index (χ1v) is 6.61. The molecule has 0 amide bonds. The number of hydrogen-bond acceptors (Lipinski definition) is 4. The maximum atomic E-state index is 12.0. The molecule has 2 heterocycles. The Balaban J connectivity index is 2.11. The molecule has 5 nitrogen and oxygen atoms in total. The lowest BCUT2D eigenvalue weighted by molar-refractivity contribution is -0.145. The van der Waals surface area contributed by atoms with Gasteiger partial charge in [0.05, 0.1) is 19.8 Å². The minimum absolute atomic E-state index is 0.117. The fraction of sp³-hybridized carbons (Fsp3) is 0.400. The molecule has 0 spiro atoms. The zero-order valence-corrected chi connectivity index (χ0v) is 11.9. The molecule has 1 aromatic carbocycles. The van der Waals surface area contributed by atoms with Gasteiger partial charge >= 0.3 is 5.97 Å². The summed E-state index contributed by atoms with van der Waals surface area (Å²) in [6.07, 6.45) is 2.07. The van der Waals surface area contributed by atoms with Gasteiger partial charge < -0.3 is 9.30 Å². The number of fused-ring (bicyclic) bond motifs is 1. The topological polar surface area (TPSA) is 43.7 Å². The van der Waals surface area contributed by atoms with Crippen molar-refractivity contribution in [1.29, 1.82) is 0 Å². The highest BCUT2D eigenvalue weighted by Gasteiger charge is 2.41. The molecule has 1 aliphatic heterocycles. The number of benzene rings is 1. The standard InChI is InChI=1S/C15H18N2O3/c1-16-8-11(10-6-4-5-7-13(10)16)14-12(15(18)19-3)9-20-17(14)2/h4-8,12,14H,9H2,1-3H3/t12-,14-/m0/s1. The molecule has 3 rings (SSSR count). The number of carbonyl (C=O) groups excluding carboxylic acids is 1. The second-order valence-electron chi connectivity index (χ2n) is 5.13. The second kappa shape index (κ2) is 4.92. The number of methoxy groups -OCH3 is 1. The molecular formula is C15H18N2O3. The van der Waals surface area contributed by atoms with Crippen LogP contribution >= 0.6 is 0 Å². The number of ether oxygens (including phenoxy) is 1. The Hall–Kier alpha value is -1.85. The molecule has 2 aromatic rings. The van der Waals surface area contributed by atoms with Crippen molar-refractivity contribution in [3.05, 3.63) is 36.0 Å². The Morgan fingerprint density at radius 2 is 2.10 bits per heavy atom. The van der Waals surface area contributed by atoms with Crippen LogP contribution in [0.15, 0.2) is 30.5 Å². The minimum Gasteiger partial charge on any atom is -0.469 e. The van der Waals surface area contributed by atoms with Crippen molar-refractivity contribution >= 4 is 16.9 Å². The van der Waals surface area contributed by atoms with Crippen molar-refractivity contribution < 1.29 is 14.4 Å². The molecule has 1 aliphatic rings. The van der Waals surface area contributed by atoms with Crippen LogP contribution in [0.2, 0.25) is 0 Å². The van der Waals surface area contributed by atoms with E-state index in [1.165, 1.54) is 7.11 Å². The van der Waals surface area contributed by atoms with Gasteiger partial charge in [0.15, 0.2) is 0 Å². The summed E-state index contributed by atoms with van der Waals surface area (Å²) in [6, 6.07) is 8.05. The molecule has 0 unspecified atom stereocenters. The van der Waals surface area contributed by atoms with Crippen LogP contribution in [0.5, 0.6) is 0 Å². The molecule has 106 valence electrons. The number of hydroxylamine groups is 2. The van der Waals surface area contributed by atoms with E-state index in [4.69, 9.17) is 9.57 Å². The third kappa shape index (κ3) is 1.90. The van der Waals surface area contributed by atoms with Crippen LogP contribution < -0.4 is 0 Å². The van der Waals surface area contributed by atoms with Crippen LogP contribution in [0.3, 0.4) is 0 Å². The van der Waals surface area contributed by atoms with Gasteiger partial charge in [-0.15, -0.1) is 0 Å². The maximum Gasteiger partial charge on any atom is 0.313 e. The largest absolute Gasteiger partial charge is 0.469 e. The molecule has 0 saturated carbocycles. The molecule has 0 N–H and O–H groups in total. The van der Waals surface area contributed by atoms with Crippen molar-refractivity contribution in [3.8, 4) is 0 Å². The molecule has 0 radical (unpaired) electrons. The van der Waals surface area contributed by atoms with Crippen LogP contribution in [0, 0.1) is 5.92 Å². The number of aromatic nitrogens is 1. The maximum absolute atomic E-state index is 12.0. The number of rotatable bonds is 2. The first-order chi connectivity index (χ1) is 9.63. The highest BCUT2D eigenvalue weighted by Crippen LogP contribution is 2.38. The van der Waals surface area contributed by atoms with Gasteiger partial charge in [0, 0.05) is 31.2 Å². The summed E-state index contributed by atoms with van der Waals surface area (Å²) in [6.45, 7) is 0.358. The molecule has 5 heteroatoms. The fourth-order valence-corrected chi connectivity index (χ4v) is 2.99. The van der Waals surface area contributed by atoms with E-state index in [1.807, 2.05) is 26.2 Å². The van der Waals surface area contributed by atoms with Crippen molar-refractivity contribution in [1.82, 2.24) is 9.63 Å².